The van der Waals surface area contributed by atoms with Gasteiger partial charge in [-0.25, -0.2) is 0 Å². The molecule has 0 aromatic heterocycles. The second-order valence-corrected chi connectivity index (χ2v) is 11.4. The average Bonchev–Trinajstić information content (AvgIpc) is 3.20. The molecule has 10 heteroatoms. The van der Waals surface area contributed by atoms with Gasteiger partial charge >= 0.3 is 0 Å². The van der Waals surface area contributed by atoms with Crippen molar-refractivity contribution in [3.63, 3.8) is 0 Å². The highest BCUT2D eigenvalue weighted by atomic mass is 16.5. The Kier molecular flexibility index (Phi) is 15.2. The maximum atomic E-state index is 13.6. The van der Waals surface area contributed by atoms with Gasteiger partial charge in [0.15, 0.2) is 23.0 Å². The number of amides is 2. The molecule has 0 unspecified atom stereocenters. The summed E-state index contributed by atoms with van der Waals surface area (Å²) in [4.78, 5) is 30.5. The monoisotopic (exact) mass is 718 g/mol. The summed E-state index contributed by atoms with van der Waals surface area (Å²) >= 11 is 0. The molecule has 0 aliphatic carbocycles. The smallest absolute Gasteiger partial charge is 0.250 e. The van der Waals surface area contributed by atoms with Crippen LogP contribution in [0.4, 0.5) is 11.4 Å². The summed E-state index contributed by atoms with van der Waals surface area (Å²) in [5.41, 5.74) is 3.14. The lowest BCUT2D eigenvalue weighted by Crippen LogP contribution is -2.35. The van der Waals surface area contributed by atoms with E-state index in [1.807, 2.05) is 97.1 Å². The summed E-state index contributed by atoms with van der Waals surface area (Å²) in [6.45, 7) is 0.760. The van der Waals surface area contributed by atoms with Crippen LogP contribution in [0.15, 0.2) is 121 Å². The normalized spacial score (nSPS) is 11.3. The number of ether oxygens (including phenoxy) is 6. The van der Waals surface area contributed by atoms with Crippen molar-refractivity contribution in [3.8, 4) is 34.5 Å². The molecule has 0 atom stereocenters. The minimum atomic E-state index is -0.194. The Hall–Kier alpha value is -6.42. The van der Waals surface area contributed by atoms with Gasteiger partial charge in [-0.1, -0.05) is 72.9 Å². The Balaban J connectivity index is 1.47. The highest BCUT2D eigenvalue weighted by molar-refractivity contribution is 6.02. The Morgan fingerprint density at radius 2 is 0.830 bits per heavy atom. The quantitative estimate of drug-likeness (QED) is 0.0754. The number of nitrogens with zero attached hydrogens (tertiary/aromatic N) is 2. The molecule has 2 amide bonds. The molecule has 0 fully saturated rings. The van der Waals surface area contributed by atoms with E-state index in [0.717, 1.165) is 22.5 Å². The zero-order valence-corrected chi connectivity index (χ0v) is 31.0. The molecule has 0 spiro atoms. The fourth-order valence-corrected chi connectivity index (χ4v) is 5.52. The molecular formula is C43H46N2O8. The van der Waals surface area contributed by atoms with Gasteiger partial charge in [0.1, 0.15) is 0 Å². The number of rotatable bonds is 18. The molecule has 276 valence electrons. The molecule has 10 nitrogen and oxygen atoms in total. The van der Waals surface area contributed by atoms with E-state index >= 15 is 0 Å². The van der Waals surface area contributed by atoms with Crippen LogP contribution in [0.3, 0.4) is 0 Å². The van der Waals surface area contributed by atoms with Crippen LogP contribution in [0.2, 0.25) is 0 Å². The van der Waals surface area contributed by atoms with Crippen molar-refractivity contribution in [1.82, 2.24) is 0 Å². The fraction of sp³-hybridized carbons (Fsp3) is 0.209. The summed E-state index contributed by atoms with van der Waals surface area (Å²) in [7, 11) is 9.35. The lowest BCUT2D eigenvalue weighted by molar-refractivity contribution is -0.114. The Morgan fingerprint density at radius 3 is 1.13 bits per heavy atom. The molecule has 0 heterocycles. The molecule has 4 aromatic rings. The zero-order chi connectivity index (χ0) is 38.0. The lowest BCUT2D eigenvalue weighted by atomic mass is 10.1. The number of para-hydroxylation sites is 2. The van der Waals surface area contributed by atoms with E-state index in [9.17, 15) is 9.59 Å². The lowest BCUT2D eigenvalue weighted by Gasteiger charge is -2.25. The van der Waals surface area contributed by atoms with Crippen molar-refractivity contribution < 1.29 is 38.0 Å². The summed E-state index contributed by atoms with van der Waals surface area (Å²) in [6, 6.07) is 26.2. The second kappa shape index (κ2) is 20.4. The number of allylic oxidation sites excluding steroid dienone is 4. The number of hydrogen-bond acceptors (Lipinski definition) is 8. The Bertz CT molecular complexity index is 1730. The van der Waals surface area contributed by atoms with E-state index in [2.05, 4.69) is 0 Å². The number of hydrogen-bond donors (Lipinski definition) is 0. The van der Waals surface area contributed by atoms with Gasteiger partial charge in [-0.05, 0) is 66.1 Å². The van der Waals surface area contributed by atoms with Crippen LogP contribution in [0.5, 0.6) is 34.5 Å². The molecule has 0 N–H and O–H groups in total. The van der Waals surface area contributed by atoms with Gasteiger partial charge in [0, 0.05) is 36.6 Å². The number of carbonyl (C=O) groups excluding carboxylic acids is 2. The Morgan fingerprint density at radius 1 is 0.491 bits per heavy atom. The standard InChI is InChI=1S/C43H46N2O8/c1-48-36-28-32(29-37(49-2)42(36)52-5)18-13-15-24-40(46)44(34-20-9-7-10-21-34)26-17-27-45(35-22-11-8-12-23-35)41(47)25-16-14-19-33-30-38(50-3)43(53-6)39(31-33)51-4/h7-16,18-25,28-31H,17,26-27H2,1-6H3/b18-13+,19-14+,24-15+,25-16+. The second-order valence-electron chi connectivity index (χ2n) is 11.4. The van der Waals surface area contributed by atoms with Crippen LogP contribution < -0.4 is 38.2 Å². The van der Waals surface area contributed by atoms with Gasteiger partial charge in [0.05, 0.1) is 42.7 Å². The molecule has 0 aliphatic heterocycles. The van der Waals surface area contributed by atoms with E-state index in [4.69, 9.17) is 28.4 Å². The van der Waals surface area contributed by atoms with Crippen molar-refractivity contribution in [2.24, 2.45) is 0 Å². The van der Waals surface area contributed by atoms with Crippen LogP contribution >= 0.6 is 0 Å². The van der Waals surface area contributed by atoms with Crippen LogP contribution in [-0.4, -0.2) is 67.6 Å². The maximum Gasteiger partial charge on any atom is 0.250 e. The highest BCUT2D eigenvalue weighted by Crippen LogP contribution is 2.39. The van der Waals surface area contributed by atoms with Crippen molar-refractivity contribution in [2.75, 3.05) is 65.5 Å². The first-order valence-corrected chi connectivity index (χ1v) is 16.9. The summed E-state index contributed by atoms with van der Waals surface area (Å²) in [5, 5.41) is 0. The van der Waals surface area contributed by atoms with Gasteiger partial charge in [-0.3, -0.25) is 9.59 Å². The first-order valence-electron chi connectivity index (χ1n) is 16.9. The fourth-order valence-electron chi connectivity index (χ4n) is 5.52. The third kappa shape index (κ3) is 10.8. The number of carbonyl (C=O) groups is 2. The molecule has 0 aliphatic rings. The SMILES string of the molecule is COc1cc(/C=C/C=C/C(=O)N(CCCN(C(=O)/C=C/C=C/c2cc(OC)c(OC)c(OC)c2)c2ccccc2)c2ccccc2)cc(OC)c1OC. The molecule has 4 aromatic carbocycles. The maximum absolute atomic E-state index is 13.6. The van der Waals surface area contributed by atoms with Crippen molar-refractivity contribution in [2.45, 2.75) is 6.42 Å². The van der Waals surface area contributed by atoms with Gasteiger partial charge in [-0.15, -0.1) is 0 Å². The first-order chi connectivity index (χ1) is 25.9. The zero-order valence-electron chi connectivity index (χ0n) is 31.0. The number of anilines is 2. The van der Waals surface area contributed by atoms with E-state index in [1.54, 1.807) is 76.8 Å². The first kappa shape index (κ1) is 39.4. The van der Waals surface area contributed by atoms with E-state index < -0.39 is 0 Å². The summed E-state index contributed by atoms with van der Waals surface area (Å²) in [6.07, 6.45) is 14.2. The molecule has 0 bridgehead atoms. The summed E-state index contributed by atoms with van der Waals surface area (Å²) < 4.78 is 32.6. The predicted molar refractivity (Wildman–Crippen MR) is 211 cm³/mol. The topological polar surface area (TPSA) is 96.0 Å². The van der Waals surface area contributed by atoms with Crippen molar-refractivity contribution in [1.29, 1.82) is 0 Å². The average molecular weight is 719 g/mol. The molecule has 0 saturated carbocycles. The predicted octanol–water partition coefficient (Wildman–Crippen LogP) is 8.03. The van der Waals surface area contributed by atoms with E-state index in [1.165, 1.54) is 12.2 Å². The van der Waals surface area contributed by atoms with Crippen LogP contribution in [-0.2, 0) is 9.59 Å². The largest absolute Gasteiger partial charge is 0.493 e. The van der Waals surface area contributed by atoms with Gasteiger partial charge < -0.3 is 38.2 Å². The van der Waals surface area contributed by atoms with Gasteiger partial charge in [0.2, 0.25) is 11.5 Å². The number of benzene rings is 4. The minimum absolute atomic E-state index is 0.194. The molecular weight excluding hydrogens is 672 g/mol. The number of methoxy groups -OCH3 is 6. The van der Waals surface area contributed by atoms with Gasteiger partial charge in [0.25, 0.3) is 11.8 Å². The Labute approximate surface area is 311 Å². The van der Waals surface area contributed by atoms with E-state index in [0.29, 0.717) is 54.0 Å². The molecule has 4 rings (SSSR count). The van der Waals surface area contributed by atoms with Crippen molar-refractivity contribution in [3.05, 3.63) is 133 Å². The van der Waals surface area contributed by atoms with Crippen LogP contribution in [0.1, 0.15) is 17.5 Å². The van der Waals surface area contributed by atoms with Crippen LogP contribution in [0.25, 0.3) is 12.2 Å². The summed E-state index contributed by atoms with van der Waals surface area (Å²) in [5.74, 6) is 2.76. The minimum Gasteiger partial charge on any atom is -0.493 e. The third-order valence-corrected chi connectivity index (χ3v) is 8.08. The molecule has 53 heavy (non-hydrogen) atoms. The van der Waals surface area contributed by atoms with Crippen molar-refractivity contribution >= 4 is 35.3 Å². The van der Waals surface area contributed by atoms with E-state index in [-0.39, 0.29) is 11.8 Å². The van der Waals surface area contributed by atoms with Gasteiger partial charge in [-0.2, -0.15) is 0 Å². The van der Waals surface area contributed by atoms with Crippen LogP contribution in [0, 0.1) is 0 Å². The highest BCUT2D eigenvalue weighted by Gasteiger charge is 2.17. The third-order valence-electron chi connectivity index (χ3n) is 8.08. The molecule has 0 saturated heterocycles. The molecule has 0 radical (unpaired) electrons.